The molecule has 0 radical (unpaired) electrons. The van der Waals surface area contributed by atoms with Gasteiger partial charge in [0, 0.05) is 31.3 Å². The van der Waals surface area contributed by atoms with E-state index in [2.05, 4.69) is 34.9 Å². The van der Waals surface area contributed by atoms with Crippen molar-refractivity contribution in [3.63, 3.8) is 0 Å². The first-order chi connectivity index (χ1) is 10.3. The van der Waals surface area contributed by atoms with Crippen LogP contribution in [0.4, 0.5) is 5.69 Å². The molecule has 1 saturated heterocycles. The van der Waals surface area contributed by atoms with Gasteiger partial charge in [0.15, 0.2) is 0 Å². The molecule has 1 aromatic rings. The molecule has 0 aliphatic carbocycles. The molecule has 1 aromatic carbocycles. The van der Waals surface area contributed by atoms with E-state index in [1.54, 1.807) is 0 Å². The van der Waals surface area contributed by atoms with Gasteiger partial charge >= 0.3 is 0 Å². The molecule has 2 N–H and O–H groups in total. The summed E-state index contributed by atoms with van der Waals surface area (Å²) in [4.78, 5) is 11.9. The van der Waals surface area contributed by atoms with Crippen LogP contribution in [0, 0.1) is 0 Å². The minimum absolute atomic E-state index is 0.126. The maximum Gasteiger partial charge on any atom is 0.222 e. The number of hydrogen-bond donors (Lipinski definition) is 2. The SMILES string of the molecule is O=C(CC1CCCCO1)NCCC1CNc2ccccc21. The van der Waals surface area contributed by atoms with Gasteiger partial charge in [-0.25, -0.2) is 0 Å². The second-order valence-corrected chi connectivity index (χ2v) is 6.00. The standard InChI is InChI=1S/C17H24N2O2/c20-17(11-14-5-3-4-10-21-14)18-9-8-13-12-19-16-7-2-1-6-15(13)16/h1-2,6-7,13-14,19H,3-5,8-12H2,(H,18,20). The van der Waals surface area contributed by atoms with Crippen molar-refractivity contribution in [3.05, 3.63) is 29.8 Å². The summed E-state index contributed by atoms with van der Waals surface area (Å²) in [6.07, 6.45) is 4.97. The van der Waals surface area contributed by atoms with Crippen LogP contribution in [0.5, 0.6) is 0 Å². The van der Waals surface area contributed by atoms with Crippen LogP contribution in [-0.2, 0) is 9.53 Å². The fourth-order valence-electron chi connectivity index (χ4n) is 3.25. The second kappa shape index (κ2) is 6.94. The van der Waals surface area contributed by atoms with Crippen LogP contribution in [0.1, 0.15) is 43.6 Å². The van der Waals surface area contributed by atoms with Crippen LogP contribution in [0.2, 0.25) is 0 Å². The number of rotatable bonds is 5. The van der Waals surface area contributed by atoms with Crippen LogP contribution < -0.4 is 10.6 Å². The predicted octanol–water partition coefficient (Wildman–Crippen LogP) is 2.66. The Kier molecular flexibility index (Phi) is 4.76. The molecule has 0 bridgehead atoms. The summed E-state index contributed by atoms with van der Waals surface area (Å²) in [6, 6.07) is 8.43. The molecule has 3 rings (SSSR count). The lowest BCUT2D eigenvalue weighted by Gasteiger charge is -2.22. The largest absolute Gasteiger partial charge is 0.384 e. The second-order valence-electron chi connectivity index (χ2n) is 6.00. The highest BCUT2D eigenvalue weighted by Gasteiger charge is 2.22. The Morgan fingerprint density at radius 3 is 3.10 bits per heavy atom. The molecule has 2 aliphatic rings. The van der Waals surface area contributed by atoms with Crippen molar-refractivity contribution in [1.29, 1.82) is 0 Å². The zero-order valence-electron chi connectivity index (χ0n) is 12.4. The molecule has 4 heteroatoms. The van der Waals surface area contributed by atoms with Gasteiger partial charge in [-0.1, -0.05) is 18.2 Å². The van der Waals surface area contributed by atoms with Crippen LogP contribution in [0.15, 0.2) is 24.3 Å². The van der Waals surface area contributed by atoms with E-state index in [1.165, 1.54) is 17.7 Å². The number of nitrogens with one attached hydrogen (secondary N) is 2. The number of ether oxygens (including phenoxy) is 1. The van der Waals surface area contributed by atoms with Gasteiger partial charge in [-0.05, 0) is 37.3 Å². The van der Waals surface area contributed by atoms with E-state index in [0.717, 1.165) is 39.0 Å². The zero-order chi connectivity index (χ0) is 14.5. The van der Waals surface area contributed by atoms with E-state index >= 15 is 0 Å². The van der Waals surface area contributed by atoms with Crippen molar-refractivity contribution >= 4 is 11.6 Å². The monoisotopic (exact) mass is 288 g/mol. The summed E-state index contributed by atoms with van der Waals surface area (Å²) in [7, 11) is 0. The summed E-state index contributed by atoms with van der Waals surface area (Å²) in [5, 5.41) is 6.46. The Hall–Kier alpha value is -1.55. The number of benzene rings is 1. The first-order valence-electron chi connectivity index (χ1n) is 8.04. The van der Waals surface area contributed by atoms with Crippen LogP contribution in [0.25, 0.3) is 0 Å². The third-order valence-electron chi connectivity index (χ3n) is 4.44. The predicted molar refractivity (Wildman–Crippen MR) is 83.5 cm³/mol. The minimum atomic E-state index is 0.126. The van der Waals surface area contributed by atoms with Gasteiger partial charge in [0.25, 0.3) is 0 Å². The third kappa shape index (κ3) is 3.76. The first kappa shape index (κ1) is 14.4. The van der Waals surface area contributed by atoms with Gasteiger partial charge in [0.1, 0.15) is 0 Å². The normalized spacial score (nSPS) is 24.2. The van der Waals surface area contributed by atoms with Crippen LogP contribution >= 0.6 is 0 Å². The number of para-hydroxylation sites is 1. The molecule has 1 fully saturated rings. The van der Waals surface area contributed by atoms with E-state index in [9.17, 15) is 4.79 Å². The molecule has 2 heterocycles. The van der Waals surface area contributed by atoms with E-state index in [1.807, 2.05) is 0 Å². The molecule has 2 unspecified atom stereocenters. The van der Waals surface area contributed by atoms with Gasteiger partial charge in [-0.15, -0.1) is 0 Å². The molecule has 2 aliphatic heterocycles. The average molecular weight is 288 g/mol. The molecule has 4 nitrogen and oxygen atoms in total. The number of anilines is 1. The number of hydrogen-bond acceptors (Lipinski definition) is 3. The number of carbonyl (C=O) groups is 1. The lowest BCUT2D eigenvalue weighted by Crippen LogP contribution is -2.31. The lowest BCUT2D eigenvalue weighted by molar-refractivity contribution is -0.124. The number of amides is 1. The molecule has 0 aromatic heterocycles. The molecular weight excluding hydrogens is 264 g/mol. The van der Waals surface area contributed by atoms with Crippen molar-refractivity contribution in [2.45, 2.75) is 44.1 Å². The number of fused-ring (bicyclic) bond motifs is 1. The van der Waals surface area contributed by atoms with Gasteiger partial charge < -0.3 is 15.4 Å². The summed E-state index contributed by atoms with van der Waals surface area (Å²) in [5.74, 6) is 0.633. The maximum atomic E-state index is 11.9. The summed E-state index contributed by atoms with van der Waals surface area (Å²) in [5.41, 5.74) is 2.62. The molecule has 0 spiro atoms. The van der Waals surface area contributed by atoms with Crippen molar-refractivity contribution in [3.8, 4) is 0 Å². The van der Waals surface area contributed by atoms with Gasteiger partial charge in [-0.2, -0.15) is 0 Å². The number of carbonyl (C=O) groups excluding carboxylic acids is 1. The Bertz CT molecular complexity index is 483. The van der Waals surface area contributed by atoms with Crippen molar-refractivity contribution in [2.24, 2.45) is 0 Å². The van der Waals surface area contributed by atoms with E-state index in [0.29, 0.717) is 12.3 Å². The Balaban J connectivity index is 1.39. The zero-order valence-corrected chi connectivity index (χ0v) is 12.4. The van der Waals surface area contributed by atoms with Crippen LogP contribution in [-0.4, -0.2) is 31.7 Å². The van der Waals surface area contributed by atoms with Gasteiger partial charge in [0.2, 0.25) is 5.91 Å². The van der Waals surface area contributed by atoms with Crippen molar-refractivity contribution < 1.29 is 9.53 Å². The fourth-order valence-corrected chi connectivity index (χ4v) is 3.25. The average Bonchev–Trinajstić information content (AvgIpc) is 2.92. The van der Waals surface area contributed by atoms with Crippen LogP contribution in [0.3, 0.4) is 0 Å². The molecule has 114 valence electrons. The summed E-state index contributed by atoms with van der Waals surface area (Å²) in [6.45, 7) is 2.52. The van der Waals surface area contributed by atoms with E-state index < -0.39 is 0 Å². The Morgan fingerprint density at radius 1 is 1.33 bits per heavy atom. The maximum absolute atomic E-state index is 11.9. The molecular formula is C17H24N2O2. The molecule has 2 atom stereocenters. The highest BCUT2D eigenvalue weighted by Crippen LogP contribution is 2.32. The lowest BCUT2D eigenvalue weighted by atomic mass is 9.98. The van der Waals surface area contributed by atoms with Crippen molar-refractivity contribution in [1.82, 2.24) is 5.32 Å². The first-order valence-corrected chi connectivity index (χ1v) is 8.04. The molecule has 0 saturated carbocycles. The topological polar surface area (TPSA) is 50.4 Å². The molecule has 21 heavy (non-hydrogen) atoms. The highest BCUT2D eigenvalue weighted by atomic mass is 16.5. The fraction of sp³-hybridized carbons (Fsp3) is 0.588. The Labute approximate surface area is 126 Å². The smallest absolute Gasteiger partial charge is 0.222 e. The highest BCUT2D eigenvalue weighted by molar-refractivity contribution is 5.76. The Morgan fingerprint density at radius 2 is 2.24 bits per heavy atom. The quantitative estimate of drug-likeness (QED) is 0.876. The van der Waals surface area contributed by atoms with Crippen molar-refractivity contribution in [2.75, 3.05) is 25.0 Å². The minimum Gasteiger partial charge on any atom is -0.384 e. The van der Waals surface area contributed by atoms with Gasteiger partial charge in [0.05, 0.1) is 12.5 Å². The summed E-state index contributed by atoms with van der Waals surface area (Å²) >= 11 is 0. The third-order valence-corrected chi connectivity index (χ3v) is 4.44. The molecule has 1 amide bonds. The van der Waals surface area contributed by atoms with E-state index in [-0.39, 0.29) is 12.0 Å². The summed E-state index contributed by atoms with van der Waals surface area (Å²) < 4.78 is 5.60. The van der Waals surface area contributed by atoms with Gasteiger partial charge in [-0.3, -0.25) is 4.79 Å². The van der Waals surface area contributed by atoms with E-state index in [4.69, 9.17) is 4.74 Å².